The molecule has 162 valence electrons. The molecule has 1 aliphatic heterocycles. The van der Waals surface area contributed by atoms with Gasteiger partial charge in [0.25, 0.3) is 0 Å². The number of oxime groups is 1. The molecule has 2 rings (SSSR count). The van der Waals surface area contributed by atoms with Crippen LogP contribution in [0.3, 0.4) is 0 Å². The van der Waals surface area contributed by atoms with E-state index in [0.29, 0.717) is 0 Å². The van der Waals surface area contributed by atoms with Crippen LogP contribution in [0.4, 0.5) is 0 Å². The summed E-state index contributed by atoms with van der Waals surface area (Å²) in [6, 6.07) is 8.11. The first-order valence-electron chi connectivity index (χ1n) is 9.89. The lowest BCUT2D eigenvalue weighted by molar-refractivity contribution is -0.159. The molecule has 0 bridgehead atoms. The van der Waals surface area contributed by atoms with Gasteiger partial charge in [-0.15, -0.1) is 0 Å². The fourth-order valence-corrected chi connectivity index (χ4v) is 2.94. The third-order valence-electron chi connectivity index (χ3n) is 4.67. The number of carboxylic acid groups (broad SMARTS) is 2. The van der Waals surface area contributed by atoms with Crippen molar-refractivity contribution in [2.24, 2.45) is 11.1 Å². The predicted octanol–water partition coefficient (Wildman–Crippen LogP) is 3.10. The van der Waals surface area contributed by atoms with E-state index in [1.807, 2.05) is 24.3 Å². The van der Waals surface area contributed by atoms with Gasteiger partial charge < -0.3 is 24.7 Å². The van der Waals surface area contributed by atoms with Crippen molar-refractivity contribution in [1.82, 2.24) is 4.90 Å². The number of ether oxygens (including phenoxy) is 1. The first-order valence-corrected chi connectivity index (χ1v) is 9.89. The predicted molar refractivity (Wildman–Crippen MR) is 111 cm³/mol. The van der Waals surface area contributed by atoms with Crippen molar-refractivity contribution in [1.29, 1.82) is 0 Å². The summed E-state index contributed by atoms with van der Waals surface area (Å²) in [4.78, 5) is 25.6. The number of carboxylic acids is 2. The minimum atomic E-state index is -1.82. The summed E-state index contributed by atoms with van der Waals surface area (Å²) in [6.07, 6.45) is 4.61. The summed E-state index contributed by atoms with van der Waals surface area (Å²) < 4.78 is 5.85. The van der Waals surface area contributed by atoms with Gasteiger partial charge in [-0.2, -0.15) is 0 Å². The Balaban J connectivity index is 0.000000612. The average molecular weight is 408 g/mol. The Morgan fingerprint density at radius 1 is 1.14 bits per heavy atom. The van der Waals surface area contributed by atoms with Crippen molar-refractivity contribution in [2.45, 2.75) is 39.5 Å². The number of carbonyl (C=O) groups is 2. The van der Waals surface area contributed by atoms with Crippen molar-refractivity contribution >= 4 is 17.7 Å². The second-order valence-electron chi connectivity index (χ2n) is 6.93. The molecule has 1 aliphatic rings. The van der Waals surface area contributed by atoms with Crippen molar-refractivity contribution in [3.8, 4) is 5.75 Å². The van der Waals surface area contributed by atoms with Gasteiger partial charge in [0.2, 0.25) is 0 Å². The third-order valence-corrected chi connectivity index (χ3v) is 4.67. The van der Waals surface area contributed by atoms with E-state index in [4.69, 9.17) is 29.4 Å². The zero-order valence-electron chi connectivity index (χ0n) is 17.5. The van der Waals surface area contributed by atoms with E-state index in [1.54, 1.807) is 7.11 Å². The van der Waals surface area contributed by atoms with Gasteiger partial charge in [-0.1, -0.05) is 19.0 Å². The number of hydrogen-bond donors (Lipinski definition) is 2. The highest BCUT2D eigenvalue weighted by atomic mass is 16.6. The Morgan fingerprint density at radius 3 is 2.21 bits per heavy atom. The molecule has 29 heavy (non-hydrogen) atoms. The molecule has 0 aliphatic carbocycles. The van der Waals surface area contributed by atoms with Crippen LogP contribution in [-0.4, -0.2) is 66.1 Å². The molecule has 2 N–H and O–H groups in total. The maximum atomic E-state index is 9.10. The average Bonchev–Trinajstić information content (AvgIpc) is 2.71. The number of hydrogen-bond acceptors (Lipinski definition) is 6. The van der Waals surface area contributed by atoms with Crippen LogP contribution in [0.25, 0.3) is 0 Å². The van der Waals surface area contributed by atoms with Crippen LogP contribution in [0.5, 0.6) is 5.75 Å². The van der Waals surface area contributed by atoms with E-state index in [0.717, 1.165) is 48.9 Å². The van der Waals surface area contributed by atoms with E-state index in [1.165, 1.54) is 25.9 Å². The van der Waals surface area contributed by atoms with Crippen molar-refractivity contribution in [3.63, 3.8) is 0 Å². The van der Waals surface area contributed by atoms with Gasteiger partial charge >= 0.3 is 11.9 Å². The van der Waals surface area contributed by atoms with E-state index >= 15 is 0 Å². The summed E-state index contributed by atoms with van der Waals surface area (Å²) in [5, 5.41) is 18.8. The molecule has 1 heterocycles. The summed E-state index contributed by atoms with van der Waals surface area (Å²) in [5.41, 5.74) is 2.04. The topological polar surface area (TPSA) is 109 Å². The van der Waals surface area contributed by atoms with Crippen LogP contribution in [0.2, 0.25) is 0 Å². The van der Waals surface area contributed by atoms with Gasteiger partial charge in [0, 0.05) is 6.54 Å². The lowest BCUT2D eigenvalue weighted by Crippen LogP contribution is -2.34. The molecular weight excluding hydrogens is 376 g/mol. The molecule has 1 saturated heterocycles. The standard InChI is InChI=1S/C19H30N2O2.C2H2O4/c1-4-19(20-22-3)17-6-8-18(9-7-17)23-15-5-12-21-13-10-16(2)11-14-21;3-1(4)2(5)6/h6-9,16H,4-5,10-15H2,1-3H3;(H,3,4)(H,5,6)/b20-19-;. The van der Waals surface area contributed by atoms with Crippen LogP contribution in [0.1, 0.15) is 45.1 Å². The van der Waals surface area contributed by atoms with Crippen LogP contribution in [0, 0.1) is 5.92 Å². The minimum absolute atomic E-state index is 0.776. The van der Waals surface area contributed by atoms with Crippen LogP contribution in [-0.2, 0) is 14.4 Å². The molecule has 8 nitrogen and oxygen atoms in total. The highest BCUT2D eigenvalue weighted by Crippen LogP contribution is 2.17. The minimum Gasteiger partial charge on any atom is -0.494 e. The van der Waals surface area contributed by atoms with Crippen molar-refractivity contribution in [2.75, 3.05) is 33.4 Å². The van der Waals surface area contributed by atoms with E-state index in [9.17, 15) is 0 Å². The first-order chi connectivity index (χ1) is 13.9. The highest BCUT2D eigenvalue weighted by molar-refractivity contribution is 6.27. The molecule has 0 spiro atoms. The number of rotatable bonds is 8. The van der Waals surface area contributed by atoms with Gasteiger partial charge in [-0.25, -0.2) is 9.59 Å². The molecular formula is C21H32N2O6. The van der Waals surface area contributed by atoms with E-state index in [-0.39, 0.29) is 0 Å². The van der Waals surface area contributed by atoms with Gasteiger partial charge in [0.05, 0.1) is 12.3 Å². The Morgan fingerprint density at radius 2 is 1.72 bits per heavy atom. The monoisotopic (exact) mass is 408 g/mol. The smallest absolute Gasteiger partial charge is 0.414 e. The lowest BCUT2D eigenvalue weighted by atomic mass is 9.99. The number of nitrogens with zero attached hydrogens (tertiary/aromatic N) is 2. The van der Waals surface area contributed by atoms with Crippen LogP contribution in [0.15, 0.2) is 29.4 Å². The fraction of sp³-hybridized carbons (Fsp3) is 0.571. The lowest BCUT2D eigenvalue weighted by Gasteiger charge is -2.30. The number of aliphatic carboxylic acids is 2. The van der Waals surface area contributed by atoms with E-state index < -0.39 is 11.9 Å². The maximum absolute atomic E-state index is 9.10. The highest BCUT2D eigenvalue weighted by Gasteiger charge is 2.14. The van der Waals surface area contributed by atoms with Gasteiger partial charge in [-0.05, 0) is 74.5 Å². The summed E-state index contributed by atoms with van der Waals surface area (Å²) in [6.45, 7) is 8.83. The second kappa shape index (κ2) is 13.5. The Hall–Kier alpha value is -2.61. The Labute approximate surface area is 172 Å². The molecule has 1 aromatic rings. The fourth-order valence-electron chi connectivity index (χ4n) is 2.94. The maximum Gasteiger partial charge on any atom is 0.414 e. The molecule has 0 amide bonds. The number of piperidine rings is 1. The zero-order chi connectivity index (χ0) is 21.6. The van der Waals surface area contributed by atoms with Gasteiger partial charge in [0.1, 0.15) is 12.9 Å². The normalized spacial score (nSPS) is 15.2. The van der Waals surface area contributed by atoms with Crippen LogP contribution >= 0.6 is 0 Å². The molecule has 1 aromatic carbocycles. The SMILES string of the molecule is CC/C(=N/OC)c1ccc(OCCCN2CCC(C)CC2)cc1.O=C(O)C(=O)O. The first kappa shape index (κ1) is 24.4. The molecule has 8 heteroatoms. The summed E-state index contributed by atoms with van der Waals surface area (Å²) in [7, 11) is 1.58. The quantitative estimate of drug-likeness (QED) is 0.294. The Bertz CT molecular complexity index is 640. The number of benzene rings is 1. The number of likely N-dealkylation sites (tertiary alicyclic amines) is 1. The molecule has 0 aromatic heterocycles. The molecule has 1 fully saturated rings. The summed E-state index contributed by atoms with van der Waals surface area (Å²) >= 11 is 0. The van der Waals surface area contributed by atoms with Gasteiger partial charge in [-0.3, -0.25) is 0 Å². The summed E-state index contributed by atoms with van der Waals surface area (Å²) in [5.74, 6) is -1.82. The van der Waals surface area contributed by atoms with Crippen molar-refractivity contribution in [3.05, 3.63) is 29.8 Å². The zero-order valence-corrected chi connectivity index (χ0v) is 17.5. The van der Waals surface area contributed by atoms with E-state index in [2.05, 4.69) is 23.9 Å². The van der Waals surface area contributed by atoms with Gasteiger partial charge in [0.15, 0.2) is 0 Å². The second-order valence-corrected chi connectivity index (χ2v) is 6.93. The molecule has 0 atom stereocenters. The molecule has 0 unspecified atom stereocenters. The largest absolute Gasteiger partial charge is 0.494 e. The third kappa shape index (κ3) is 9.94. The molecule has 0 radical (unpaired) electrons. The Kier molecular flexibility index (Phi) is 11.4. The van der Waals surface area contributed by atoms with Crippen molar-refractivity contribution < 1.29 is 29.4 Å². The molecule has 0 saturated carbocycles. The van der Waals surface area contributed by atoms with Crippen LogP contribution < -0.4 is 4.74 Å².